The fraction of sp³-hybridized carbons (Fsp3) is 0.312. The highest BCUT2D eigenvalue weighted by molar-refractivity contribution is 5.94. The number of alkyl halides is 3. The standard InChI is InChI=1S/C16H15F3N4O/c1-2-4-11(10-20)15(24)22-12-5-3-6-13(9-12)23-14(7-8-21-23)16(17,18)19/h3,5-9,11H,2,4H2,1H3,(H,22,24). The topological polar surface area (TPSA) is 70.7 Å². The van der Waals surface area contributed by atoms with Crippen LogP contribution in [0.4, 0.5) is 18.9 Å². The second-order valence-electron chi connectivity index (χ2n) is 5.14. The smallest absolute Gasteiger partial charge is 0.325 e. The number of hydrogen-bond acceptors (Lipinski definition) is 3. The van der Waals surface area contributed by atoms with E-state index in [-0.39, 0.29) is 5.69 Å². The van der Waals surface area contributed by atoms with Gasteiger partial charge in [0.05, 0.1) is 18.0 Å². The van der Waals surface area contributed by atoms with Crippen LogP contribution in [-0.2, 0) is 11.0 Å². The van der Waals surface area contributed by atoms with Gasteiger partial charge in [-0.25, -0.2) is 4.68 Å². The van der Waals surface area contributed by atoms with E-state index in [0.717, 1.165) is 16.9 Å². The van der Waals surface area contributed by atoms with Crippen molar-refractivity contribution in [2.45, 2.75) is 25.9 Å². The maximum absolute atomic E-state index is 12.9. The number of hydrogen-bond donors (Lipinski definition) is 1. The van der Waals surface area contributed by atoms with Gasteiger partial charge < -0.3 is 5.32 Å². The number of aromatic nitrogens is 2. The molecule has 0 spiro atoms. The minimum Gasteiger partial charge on any atom is -0.325 e. The van der Waals surface area contributed by atoms with E-state index in [4.69, 9.17) is 5.26 Å². The van der Waals surface area contributed by atoms with Crippen molar-refractivity contribution >= 4 is 11.6 Å². The van der Waals surface area contributed by atoms with E-state index in [1.807, 2.05) is 13.0 Å². The third-order valence-electron chi connectivity index (χ3n) is 3.34. The Bertz CT molecular complexity index is 761. The van der Waals surface area contributed by atoms with Crippen LogP contribution in [0.25, 0.3) is 5.69 Å². The lowest BCUT2D eigenvalue weighted by Gasteiger charge is -2.13. The van der Waals surface area contributed by atoms with Gasteiger partial charge in [-0.1, -0.05) is 19.4 Å². The van der Waals surface area contributed by atoms with Crippen molar-refractivity contribution in [1.82, 2.24) is 9.78 Å². The molecule has 0 aliphatic heterocycles. The molecule has 2 aromatic rings. The van der Waals surface area contributed by atoms with Gasteiger partial charge in [-0.2, -0.15) is 23.5 Å². The molecule has 5 nitrogen and oxygen atoms in total. The number of carbonyl (C=O) groups excluding carboxylic acids is 1. The van der Waals surface area contributed by atoms with E-state index >= 15 is 0 Å². The minimum atomic E-state index is -4.54. The van der Waals surface area contributed by atoms with E-state index in [1.54, 1.807) is 6.07 Å². The Balaban J connectivity index is 2.26. The van der Waals surface area contributed by atoms with Gasteiger partial charge >= 0.3 is 6.18 Å². The highest BCUT2D eigenvalue weighted by Gasteiger charge is 2.35. The van der Waals surface area contributed by atoms with Crippen LogP contribution in [0.2, 0.25) is 0 Å². The molecule has 0 aliphatic rings. The summed E-state index contributed by atoms with van der Waals surface area (Å²) in [5.74, 6) is -1.28. The van der Waals surface area contributed by atoms with Crippen LogP contribution in [0.3, 0.4) is 0 Å². The number of benzene rings is 1. The molecule has 2 rings (SSSR count). The molecule has 8 heteroatoms. The average molecular weight is 336 g/mol. The van der Waals surface area contributed by atoms with E-state index < -0.39 is 23.7 Å². The number of carbonyl (C=O) groups is 1. The van der Waals surface area contributed by atoms with Crippen LogP contribution < -0.4 is 5.32 Å². The number of nitrogens with one attached hydrogen (secondary N) is 1. The zero-order valence-electron chi connectivity index (χ0n) is 12.8. The summed E-state index contributed by atoms with van der Waals surface area (Å²) >= 11 is 0. The molecule has 0 radical (unpaired) electrons. The molecule has 1 aromatic carbocycles. The van der Waals surface area contributed by atoms with Crippen molar-refractivity contribution in [3.05, 3.63) is 42.2 Å². The lowest BCUT2D eigenvalue weighted by molar-refractivity contribution is -0.142. The Hall–Kier alpha value is -2.82. The summed E-state index contributed by atoms with van der Waals surface area (Å²) in [6, 6.07) is 8.66. The molecule has 1 N–H and O–H groups in total. The van der Waals surface area contributed by atoms with Gasteiger partial charge in [0.1, 0.15) is 11.6 Å². The Kier molecular flexibility index (Phi) is 5.24. The molecule has 0 bridgehead atoms. The van der Waals surface area contributed by atoms with Gasteiger partial charge in [-0.3, -0.25) is 4.79 Å². The predicted molar refractivity (Wildman–Crippen MR) is 81.2 cm³/mol. The second kappa shape index (κ2) is 7.17. The molecule has 0 fully saturated rings. The van der Waals surface area contributed by atoms with Crippen molar-refractivity contribution in [2.24, 2.45) is 5.92 Å². The van der Waals surface area contributed by atoms with Gasteiger partial charge in [0.25, 0.3) is 0 Å². The molecule has 0 saturated heterocycles. The number of nitriles is 1. The number of nitrogens with zero attached hydrogens (tertiary/aromatic N) is 3. The molecular weight excluding hydrogens is 321 g/mol. The Morgan fingerprint density at radius 1 is 1.42 bits per heavy atom. The third-order valence-corrected chi connectivity index (χ3v) is 3.34. The number of halogens is 3. The van der Waals surface area contributed by atoms with E-state index in [0.29, 0.717) is 18.5 Å². The van der Waals surface area contributed by atoms with Crippen LogP contribution in [-0.4, -0.2) is 15.7 Å². The average Bonchev–Trinajstić information content (AvgIpc) is 3.02. The molecule has 0 saturated carbocycles. The normalized spacial score (nSPS) is 12.5. The van der Waals surface area contributed by atoms with Gasteiger partial charge in [0.2, 0.25) is 5.91 Å². The largest absolute Gasteiger partial charge is 0.433 e. The molecule has 1 atom stereocenters. The van der Waals surface area contributed by atoms with E-state index in [2.05, 4.69) is 10.4 Å². The Morgan fingerprint density at radius 3 is 2.79 bits per heavy atom. The fourth-order valence-electron chi connectivity index (χ4n) is 2.21. The molecular formula is C16H15F3N4O. The molecule has 1 unspecified atom stereocenters. The summed E-state index contributed by atoms with van der Waals surface area (Å²) in [5, 5.41) is 15.2. The molecule has 1 aromatic heterocycles. The van der Waals surface area contributed by atoms with E-state index in [1.165, 1.54) is 18.2 Å². The van der Waals surface area contributed by atoms with Crippen molar-refractivity contribution < 1.29 is 18.0 Å². The highest BCUT2D eigenvalue weighted by atomic mass is 19.4. The van der Waals surface area contributed by atoms with Crippen molar-refractivity contribution in [3.63, 3.8) is 0 Å². The molecule has 0 aliphatic carbocycles. The van der Waals surface area contributed by atoms with Crippen LogP contribution >= 0.6 is 0 Å². The second-order valence-corrected chi connectivity index (χ2v) is 5.14. The number of anilines is 1. The number of amides is 1. The maximum Gasteiger partial charge on any atom is 0.433 e. The molecule has 1 heterocycles. The Morgan fingerprint density at radius 2 is 2.17 bits per heavy atom. The highest BCUT2D eigenvalue weighted by Crippen LogP contribution is 2.31. The number of rotatable bonds is 5. The molecule has 126 valence electrons. The zero-order valence-corrected chi connectivity index (χ0v) is 12.8. The third kappa shape index (κ3) is 3.93. The van der Waals surface area contributed by atoms with Gasteiger partial charge in [0.15, 0.2) is 0 Å². The minimum absolute atomic E-state index is 0.161. The summed E-state index contributed by atoms with van der Waals surface area (Å²) in [6.45, 7) is 1.86. The van der Waals surface area contributed by atoms with Gasteiger partial charge in [-0.05, 0) is 30.7 Å². The molecule has 1 amide bonds. The van der Waals surface area contributed by atoms with Gasteiger partial charge in [0, 0.05) is 5.69 Å². The summed E-state index contributed by atoms with van der Waals surface area (Å²) < 4.78 is 39.6. The van der Waals surface area contributed by atoms with Crippen LogP contribution in [0.5, 0.6) is 0 Å². The first-order valence-corrected chi connectivity index (χ1v) is 7.29. The maximum atomic E-state index is 12.9. The summed E-state index contributed by atoms with van der Waals surface area (Å²) in [6.07, 6.45) is -2.39. The molecule has 24 heavy (non-hydrogen) atoms. The van der Waals surface area contributed by atoms with E-state index in [9.17, 15) is 18.0 Å². The monoisotopic (exact) mass is 336 g/mol. The first kappa shape index (κ1) is 17.5. The van der Waals surface area contributed by atoms with Crippen LogP contribution in [0, 0.1) is 17.2 Å². The summed E-state index contributed by atoms with van der Waals surface area (Å²) in [4.78, 5) is 12.0. The van der Waals surface area contributed by atoms with Gasteiger partial charge in [-0.15, -0.1) is 0 Å². The van der Waals surface area contributed by atoms with Crippen molar-refractivity contribution in [3.8, 4) is 11.8 Å². The summed E-state index contributed by atoms with van der Waals surface area (Å²) in [5.41, 5.74) is -0.446. The first-order chi connectivity index (χ1) is 11.4. The van der Waals surface area contributed by atoms with Crippen molar-refractivity contribution in [1.29, 1.82) is 5.26 Å². The quantitative estimate of drug-likeness (QED) is 0.903. The fourth-order valence-corrected chi connectivity index (χ4v) is 2.21. The first-order valence-electron chi connectivity index (χ1n) is 7.29. The lowest BCUT2D eigenvalue weighted by atomic mass is 10.0. The Labute approximate surface area is 136 Å². The van der Waals surface area contributed by atoms with Crippen LogP contribution in [0.1, 0.15) is 25.5 Å². The lowest BCUT2D eigenvalue weighted by Crippen LogP contribution is -2.21. The SMILES string of the molecule is CCCC(C#N)C(=O)Nc1cccc(-n2nccc2C(F)(F)F)c1. The zero-order chi connectivity index (χ0) is 17.7. The van der Waals surface area contributed by atoms with Crippen LogP contribution in [0.15, 0.2) is 36.5 Å². The predicted octanol–water partition coefficient (Wildman–Crippen LogP) is 3.77. The summed E-state index contributed by atoms with van der Waals surface area (Å²) in [7, 11) is 0. The van der Waals surface area contributed by atoms with Crippen molar-refractivity contribution in [2.75, 3.05) is 5.32 Å².